The molecule has 1 heteroatoms. The van der Waals surface area contributed by atoms with E-state index in [0.717, 1.165) is 17.6 Å². The summed E-state index contributed by atoms with van der Waals surface area (Å²) in [5, 5.41) is 2.34. The van der Waals surface area contributed by atoms with E-state index in [4.69, 9.17) is 4.42 Å². The Bertz CT molecular complexity index is 3870. The van der Waals surface area contributed by atoms with Crippen molar-refractivity contribution in [1.29, 1.82) is 0 Å². The van der Waals surface area contributed by atoms with Crippen molar-refractivity contribution in [2.75, 3.05) is 0 Å². The second kappa shape index (κ2) is 12.2. The molecule has 1 saturated carbocycles. The predicted molar refractivity (Wildman–Crippen MR) is 269 cm³/mol. The highest BCUT2D eigenvalue weighted by atomic mass is 16.3. The Kier molecular flexibility index (Phi) is 6.64. The molecule has 9 aromatic carbocycles. The van der Waals surface area contributed by atoms with E-state index in [9.17, 15) is 0 Å². The van der Waals surface area contributed by atoms with Crippen molar-refractivity contribution < 1.29 is 4.42 Å². The van der Waals surface area contributed by atoms with Crippen LogP contribution in [0.1, 0.15) is 98.4 Å². The number of furan rings is 1. The zero-order valence-electron chi connectivity index (χ0n) is 36.9. The van der Waals surface area contributed by atoms with Crippen LogP contribution >= 0.6 is 0 Å². The molecule has 0 amide bonds. The highest BCUT2D eigenvalue weighted by Crippen LogP contribution is 2.73. The minimum absolute atomic E-state index is 0.0955. The average molecular weight is 841 g/mol. The Labute approximate surface area is 384 Å². The number of rotatable bonds is 4. The minimum atomic E-state index is -0.451. The Morgan fingerprint density at radius 3 is 1.97 bits per heavy atom. The maximum Gasteiger partial charge on any atom is 0.135 e. The van der Waals surface area contributed by atoms with Crippen molar-refractivity contribution in [2.24, 2.45) is 5.92 Å². The maximum absolute atomic E-state index is 6.40. The van der Waals surface area contributed by atoms with Gasteiger partial charge in [-0.15, -0.1) is 0 Å². The number of hydrogen-bond acceptors (Lipinski definition) is 1. The molecule has 0 bridgehead atoms. The van der Waals surface area contributed by atoms with Crippen LogP contribution < -0.4 is 0 Å². The third-order valence-electron chi connectivity index (χ3n) is 17.3. The molecule has 6 aliphatic rings. The Morgan fingerprint density at radius 2 is 1.11 bits per heavy atom. The van der Waals surface area contributed by atoms with Crippen LogP contribution in [0, 0.1) is 5.92 Å². The summed E-state index contributed by atoms with van der Waals surface area (Å²) < 4.78 is 6.40. The topological polar surface area (TPSA) is 13.1 Å². The fourth-order valence-corrected chi connectivity index (χ4v) is 14.4. The molecule has 0 aliphatic heterocycles. The van der Waals surface area contributed by atoms with E-state index in [-0.39, 0.29) is 11.3 Å². The van der Waals surface area contributed by atoms with Crippen LogP contribution in [0.5, 0.6) is 0 Å². The summed E-state index contributed by atoms with van der Waals surface area (Å²) in [7, 11) is 0. The lowest BCUT2D eigenvalue weighted by molar-refractivity contribution is 0.657. The molecule has 6 aliphatic carbocycles. The van der Waals surface area contributed by atoms with Gasteiger partial charge in [-0.2, -0.15) is 0 Å². The predicted octanol–water partition coefficient (Wildman–Crippen LogP) is 16.1. The zero-order chi connectivity index (χ0) is 43.2. The standard InChI is InChI=1S/C65H44O/c1-64(2)52-19-9-5-14-40(52)42-27-24-38(34-55(42)64)49(37-25-30-59-50(33-37)44-16-8-12-22-58(44)66-59)31-36-23-26-43-41-15-6-10-20-53(41)65(56(43)32-36)54-21-11-7-18-46(54)60-47-28-29-48-61-45-17-4-3-13-39(45)51(35-57(60)65)62(47)63(48)61/h3-30,32-35,48-49,61,63H,31H2,1-2H3. The molecular weight excluding hydrogens is 797 g/mol. The molecule has 66 heavy (non-hydrogen) atoms. The molecule has 0 saturated heterocycles. The van der Waals surface area contributed by atoms with Crippen molar-refractivity contribution in [2.45, 2.75) is 48.9 Å². The van der Waals surface area contributed by atoms with Crippen LogP contribution in [0.15, 0.2) is 192 Å². The first-order valence-corrected chi connectivity index (χ1v) is 24.0. The molecule has 16 rings (SSSR count). The number of allylic oxidation sites excluding steroid dienone is 1. The van der Waals surface area contributed by atoms with E-state index in [1.165, 1.54) is 116 Å². The van der Waals surface area contributed by atoms with Crippen molar-refractivity contribution in [1.82, 2.24) is 0 Å². The number of fused-ring (bicyclic) bond motifs is 21. The fraction of sp³-hybridized carbons (Fsp3) is 0.138. The van der Waals surface area contributed by atoms with Crippen LogP contribution in [0.25, 0.3) is 72.5 Å². The van der Waals surface area contributed by atoms with E-state index in [2.05, 4.69) is 208 Å². The van der Waals surface area contributed by atoms with E-state index in [1.54, 1.807) is 5.56 Å². The van der Waals surface area contributed by atoms with Crippen LogP contribution in [-0.4, -0.2) is 0 Å². The van der Waals surface area contributed by atoms with Crippen molar-refractivity contribution in [3.8, 4) is 44.5 Å². The molecule has 5 atom stereocenters. The van der Waals surface area contributed by atoms with Crippen molar-refractivity contribution >= 4 is 28.0 Å². The molecule has 1 fully saturated rings. The van der Waals surface area contributed by atoms with E-state index in [1.807, 2.05) is 0 Å². The summed E-state index contributed by atoms with van der Waals surface area (Å²) in [6.07, 6.45) is 5.92. The second-order valence-electron chi connectivity index (χ2n) is 20.6. The molecule has 0 radical (unpaired) electrons. The van der Waals surface area contributed by atoms with Gasteiger partial charge in [-0.3, -0.25) is 0 Å². The summed E-state index contributed by atoms with van der Waals surface area (Å²) in [4.78, 5) is 0. The molecule has 5 unspecified atom stereocenters. The summed E-state index contributed by atoms with van der Waals surface area (Å²) in [5.41, 5.74) is 29.5. The zero-order valence-corrected chi connectivity index (χ0v) is 36.9. The quantitative estimate of drug-likeness (QED) is 0.172. The monoisotopic (exact) mass is 840 g/mol. The molecular formula is C65H44O. The molecule has 1 aromatic heterocycles. The van der Waals surface area contributed by atoms with Crippen LogP contribution in [0.2, 0.25) is 0 Å². The second-order valence-corrected chi connectivity index (χ2v) is 20.6. The third-order valence-corrected chi connectivity index (χ3v) is 17.3. The Morgan fingerprint density at radius 1 is 0.470 bits per heavy atom. The lowest BCUT2D eigenvalue weighted by atomic mass is 9.68. The molecule has 0 N–H and O–H groups in total. The van der Waals surface area contributed by atoms with E-state index >= 15 is 0 Å². The fourth-order valence-electron chi connectivity index (χ4n) is 14.4. The lowest BCUT2D eigenvalue weighted by Crippen LogP contribution is -2.26. The first-order valence-electron chi connectivity index (χ1n) is 24.0. The van der Waals surface area contributed by atoms with Gasteiger partial charge in [0.1, 0.15) is 11.2 Å². The van der Waals surface area contributed by atoms with Crippen molar-refractivity contribution in [3.05, 3.63) is 255 Å². The molecule has 1 heterocycles. The largest absolute Gasteiger partial charge is 0.456 e. The van der Waals surface area contributed by atoms with Crippen molar-refractivity contribution in [3.63, 3.8) is 0 Å². The summed E-state index contributed by atoms with van der Waals surface area (Å²) in [6.45, 7) is 4.80. The first kappa shape index (κ1) is 35.8. The molecule has 310 valence electrons. The normalized spacial score (nSPS) is 21.2. The van der Waals surface area contributed by atoms with Gasteiger partial charge >= 0.3 is 0 Å². The van der Waals surface area contributed by atoms with Gasteiger partial charge in [0, 0.05) is 22.1 Å². The number of para-hydroxylation sites is 1. The minimum Gasteiger partial charge on any atom is -0.456 e. The van der Waals surface area contributed by atoms with Gasteiger partial charge in [0.15, 0.2) is 0 Å². The summed E-state index contributed by atoms with van der Waals surface area (Å²) in [5.74, 6) is 1.88. The number of benzene rings is 9. The average Bonchev–Trinajstić information content (AvgIpc) is 3.61. The molecule has 10 aromatic rings. The van der Waals surface area contributed by atoms with Crippen LogP contribution in [0.4, 0.5) is 0 Å². The van der Waals surface area contributed by atoms with Gasteiger partial charge in [-0.1, -0.05) is 184 Å². The van der Waals surface area contributed by atoms with Gasteiger partial charge in [-0.25, -0.2) is 0 Å². The van der Waals surface area contributed by atoms with E-state index < -0.39 is 5.41 Å². The summed E-state index contributed by atoms with van der Waals surface area (Å²) >= 11 is 0. The van der Waals surface area contributed by atoms with Gasteiger partial charge in [0.25, 0.3) is 0 Å². The van der Waals surface area contributed by atoms with Gasteiger partial charge in [0.05, 0.1) is 5.41 Å². The summed E-state index contributed by atoms with van der Waals surface area (Å²) in [6, 6.07) is 70.0. The highest BCUT2D eigenvalue weighted by molar-refractivity contribution is 6.05. The maximum atomic E-state index is 6.40. The van der Waals surface area contributed by atoms with Crippen LogP contribution in [0.3, 0.4) is 0 Å². The van der Waals surface area contributed by atoms with Gasteiger partial charge in [-0.05, 0) is 160 Å². The Balaban J connectivity index is 0.921. The van der Waals surface area contributed by atoms with Gasteiger partial charge < -0.3 is 4.42 Å². The molecule has 1 nitrogen and oxygen atoms in total. The smallest absolute Gasteiger partial charge is 0.135 e. The third kappa shape index (κ3) is 4.29. The highest BCUT2D eigenvalue weighted by Gasteiger charge is 2.59. The first-order chi connectivity index (χ1) is 32.5. The van der Waals surface area contributed by atoms with Gasteiger partial charge in [0.2, 0.25) is 0 Å². The van der Waals surface area contributed by atoms with E-state index in [0.29, 0.717) is 17.8 Å². The SMILES string of the molecule is CC1(C)c2ccccc2-c2ccc(C(Cc3ccc4c(c3)C3(c5ccccc5-4)c4ccccc4-c4c3cc3c5c4C=CC4C(c6ccccc6-3)C54)c3ccc4oc5ccccc5c4c3)cc21. The Hall–Kier alpha value is -7.48. The lowest BCUT2D eigenvalue weighted by Gasteiger charge is -2.33. The molecule has 1 spiro atoms. The number of hydrogen-bond donors (Lipinski definition) is 0. The van der Waals surface area contributed by atoms with Crippen LogP contribution in [-0.2, 0) is 17.3 Å².